The summed E-state index contributed by atoms with van der Waals surface area (Å²) >= 11 is 0. The fraction of sp³-hybridized carbons (Fsp3) is 1.00. The standard InChI is InChI=1S/C13H29N3/c1-6-13(14,7-2)11-16-9-8-15(5)12(3,4)10-16/h6-11,14H2,1-5H3. The van der Waals surface area contributed by atoms with E-state index in [0.717, 1.165) is 39.0 Å². The summed E-state index contributed by atoms with van der Waals surface area (Å²) in [6, 6.07) is 0. The SMILES string of the molecule is CCC(N)(CC)CN1CCN(C)C(C)(C)C1. The van der Waals surface area contributed by atoms with Crippen LogP contribution in [0.25, 0.3) is 0 Å². The summed E-state index contributed by atoms with van der Waals surface area (Å²) < 4.78 is 0. The lowest BCUT2D eigenvalue weighted by Crippen LogP contribution is -2.61. The minimum absolute atomic E-state index is 0.00594. The van der Waals surface area contributed by atoms with Crippen LogP contribution in [0.5, 0.6) is 0 Å². The van der Waals surface area contributed by atoms with Gasteiger partial charge in [-0.2, -0.15) is 0 Å². The Hall–Kier alpha value is -0.120. The largest absolute Gasteiger partial charge is 0.324 e. The Morgan fingerprint density at radius 1 is 1.19 bits per heavy atom. The van der Waals surface area contributed by atoms with E-state index in [2.05, 4.69) is 44.5 Å². The highest BCUT2D eigenvalue weighted by Crippen LogP contribution is 2.21. The average Bonchev–Trinajstić information content (AvgIpc) is 2.23. The van der Waals surface area contributed by atoms with Crippen LogP contribution in [0.4, 0.5) is 0 Å². The number of hydrogen-bond acceptors (Lipinski definition) is 3. The van der Waals surface area contributed by atoms with E-state index < -0.39 is 0 Å². The monoisotopic (exact) mass is 227 g/mol. The summed E-state index contributed by atoms with van der Waals surface area (Å²) in [6.07, 6.45) is 2.13. The van der Waals surface area contributed by atoms with Crippen molar-refractivity contribution in [3.63, 3.8) is 0 Å². The van der Waals surface area contributed by atoms with Crippen molar-refractivity contribution in [1.82, 2.24) is 9.80 Å². The molecule has 0 aromatic carbocycles. The maximum absolute atomic E-state index is 6.40. The Morgan fingerprint density at radius 2 is 1.75 bits per heavy atom. The normalized spacial score (nSPS) is 23.6. The Bertz CT molecular complexity index is 221. The van der Waals surface area contributed by atoms with Gasteiger partial charge in [-0.15, -0.1) is 0 Å². The lowest BCUT2D eigenvalue weighted by Gasteiger charge is -2.47. The fourth-order valence-corrected chi connectivity index (χ4v) is 2.39. The van der Waals surface area contributed by atoms with Crippen LogP contribution in [-0.4, -0.2) is 54.1 Å². The maximum Gasteiger partial charge on any atom is 0.0278 e. The highest BCUT2D eigenvalue weighted by Gasteiger charge is 2.33. The Balaban J connectivity index is 2.57. The van der Waals surface area contributed by atoms with E-state index in [1.807, 2.05) is 0 Å². The first kappa shape index (κ1) is 13.9. The first-order chi connectivity index (χ1) is 7.33. The minimum atomic E-state index is 0.00594. The Morgan fingerprint density at radius 3 is 2.19 bits per heavy atom. The third kappa shape index (κ3) is 3.19. The lowest BCUT2D eigenvalue weighted by molar-refractivity contribution is 0.0276. The van der Waals surface area contributed by atoms with Gasteiger partial charge in [0, 0.05) is 37.3 Å². The molecular formula is C13H29N3. The molecule has 16 heavy (non-hydrogen) atoms. The van der Waals surface area contributed by atoms with Crippen LogP contribution in [0, 0.1) is 0 Å². The van der Waals surface area contributed by atoms with Crippen molar-refractivity contribution in [2.75, 3.05) is 33.2 Å². The van der Waals surface area contributed by atoms with Crippen molar-refractivity contribution in [2.24, 2.45) is 5.73 Å². The van der Waals surface area contributed by atoms with Crippen LogP contribution in [-0.2, 0) is 0 Å². The number of rotatable bonds is 4. The molecule has 1 heterocycles. The Kier molecular flexibility index (Phi) is 4.38. The molecule has 1 fully saturated rings. The summed E-state index contributed by atoms with van der Waals surface area (Å²) in [7, 11) is 2.21. The number of piperazine rings is 1. The molecule has 0 radical (unpaired) electrons. The molecule has 0 atom stereocenters. The molecule has 1 saturated heterocycles. The summed E-state index contributed by atoms with van der Waals surface area (Å²) in [5.74, 6) is 0. The summed E-state index contributed by atoms with van der Waals surface area (Å²) in [5, 5.41) is 0. The van der Waals surface area contributed by atoms with Crippen LogP contribution >= 0.6 is 0 Å². The predicted octanol–water partition coefficient (Wildman–Crippen LogP) is 1.53. The van der Waals surface area contributed by atoms with Gasteiger partial charge in [0.05, 0.1) is 0 Å². The van der Waals surface area contributed by atoms with E-state index in [0.29, 0.717) is 0 Å². The maximum atomic E-state index is 6.40. The predicted molar refractivity (Wildman–Crippen MR) is 70.6 cm³/mol. The lowest BCUT2D eigenvalue weighted by atomic mass is 9.91. The van der Waals surface area contributed by atoms with Gasteiger partial charge in [0.25, 0.3) is 0 Å². The van der Waals surface area contributed by atoms with Crippen molar-refractivity contribution in [3.05, 3.63) is 0 Å². The molecule has 3 heteroatoms. The van der Waals surface area contributed by atoms with Gasteiger partial charge in [0.2, 0.25) is 0 Å². The zero-order valence-corrected chi connectivity index (χ0v) is 11.7. The molecule has 96 valence electrons. The Labute approximate surface area is 101 Å². The van der Waals surface area contributed by atoms with Gasteiger partial charge in [-0.25, -0.2) is 0 Å². The number of likely N-dealkylation sites (N-methyl/N-ethyl adjacent to an activating group) is 1. The van der Waals surface area contributed by atoms with Crippen molar-refractivity contribution in [3.8, 4) is 0 Å². The van der Waals surface area contributed by atoms with Crippen LogP contribution in [0.1, 0.15) is 40.5 Å². The first-order valence-corrected chi connectivity index (χ1v) is 6.55. The third-order valence-electron chi connectivity index (χ3n) is 4.34. The summed E-state index contributed by atoms with van der Waals surface area (Å²) in [6.45, 7) is 13.5. The highest BCUT2D eigenvalue weighted by molar-refractivity contribution is 4.92. The van der Waals surface area contributed by atoms with Gasteiger partial charge in [-0.05, 0) is 33.7 Å². The van der Waals surface area contributed by atoms with Gasteiger partial charge in [-0.1, -0.05) is 13.8 Å². The van der Waals surface area contributed by atoms with E-state index in [4.69, 9.17) is 5.73 Å². The molecule has 3 nitrogen and oxygen atoms in total. The van der Waals surface area contributed by atoms with Crippen LogP contribution in [0.2, 0.25) is 0 Å². The molecule has 0 saturated carbocycles. The van der Waals surface area contributed by atoms with Gasteiger partial charge >= 0.3 is 0 Å². The van der Waals surface area contributed by atoms with Crippen molar-refractivity contribution in [1.29, 1.82) is 0 Å². The van der Waals surface area contributed by atoms with E-state index in [-0.39, 0.29) is 11.1 Å². The molecule has 2 N–H and O–H groups in total. The summed E-state index contributed by atoms with van der Waals surface area (Å²) in [5.41, 5.74) is 6.68. The van der Waals surface area contributed by atoms with Gasteiger partial charge in [0.1, 0.15) is 0 Å². The first-order valence-electron chi connectivity index (χ1n) is 6.55. The smallest absolute Gasteiger partial charge is 0.0278 e. The molecular weight excluding hydrogens is 198 g/mol. The molecule has 1 aliphatic rings. The molecule has 0 unspecified atom stereocenters. The van der Waals surface area contributed by atoms with Crippen molar-refractivity contribution < 1.29 is 0 Å². The zero-order valence-electron chi connectivity index (χ0n) is 11.7. The van der Waals surface area contributed by atoms with Crippen molar-refractivity contribution in [2.45, 2.75) is 51.6 Å². The van der Waals surface area contributed by atoms with Crippen LogP contribution in [0.3, 0.4) is 0 Å². The molecule has 1 rings (SSSR count). The quantitative estimate of drug-likeness (QED) is 0.790. The van der Waals surface area contributed by atoms with Crippen LogP contribution < -0.4 is 5.73 Å². The highest BCUT2D eigenvalue weighted by atomic mass is 15.3. The number of hydrogen-bond donors (Lipinski definition) is 1. The van der Waals surface area contributed by atoms with E-state index in [1.165, 1.54) is 0 Å². The zero-order chi connectivity index (χ0) is 12.4. The number of nitrogens with zero attached hydrogens (tertiary/aromatic N) is 2. The van der Waals surface area contributed by atoms with Gasteiger partial charge < -0.3 is 5.73 Å². The molecule has 0 spiro atoms. The second kappa shape index (κ2) is 5.03. The summed E-state index contributed by atoms with van der Waals surface area (Å²) in [4.78, 5) is 4.98. The third-order valence-corrected chi connectivity index (χ3v) is 4.34. The molecule has 0 aliphatic carbocycles. The fourth-order valence-electron chi connectivity index (χ4n) is 2.39. The molecule has 0 amide bonds. The van der Waals surface area contributed by atoms with Crippen LogP contribution in [0.15, 0.2) is 0 Å². The van der Waals surface area contributed by atoms with Crippen molar-refractivity contribution >= 4 is 0 Å². The molecule has 0 aromatic heterocycles. The van der Waals surface area contributed by atoms with E-state index >= 15 is 0 Å². The molecule has 0 bridgehead atoms. The second-order valence-electron chi connectivity index (χ2n) is 6.01. The average molecular weight is 227 g/mol. The molecule has 1 aliphatic heterocycles. The van der Waals surface area contributed by atoms with Gasteiger partial charge in [0.15, 0.2) is 0 Å². The van der Waals surface area contributed by atoms with Gasteiger partial charge in [-0.3, -0.25) is 9.80 Å². The number of nitrogens with two attached hydrogens (primary N) is 1. The second-order valence-corrected chi connectivity index (χ2v) is 6.01. The van der Waals surface area contributed by atoms with E-state index in [9.17, 15) is 0 Å². The minimum Gasteiger partial charge on any atom is -0.324 e. The van der Waals surface area contributed by atoms with E-state index in [1.54, 1.807) is 0 Å². The topological polar surface area (TPSA) is 32.5 Å². The molecule has 0 aromatic rings.